The molecule has 0 fully saturated rings. The van der Waals surface area contributed by atoms with Crippen molar-refractivity contribution in [3.05, 3.63) is 64.1 Å². The second-order valence-corrected chi connectivity index (χ2v) is 6.56. The fraction of sp³-hybridized carbons (Fsp3) is 0.333. The van der Waals surface area contributed by atoms with Crippen LogP contribution >= 0.6 is 15.9 Å². The zero-order valence-electron chi connectivity index (χ0n) is 12.7. The first kappa shape index (κ1) is 16.1. The van der Waals surface area contributed by atoms with E-state index >= 15 is 0 Å². The highest BCUT2D eigenvalue weighted by atomic mass is 79.9. The molecule has 3 heteroatoms. The number of halogens is 1. The van der Waals surface area contributed by atoms with Gasteiger partial charge in [0.25, 0.3) is 0 Å². The first-order chi connectivity index (χ1) is 9.99. The molecule has 0 radical (unpaired) electrons. The summed E-state index contributed by atoms with van der Waals surface area (Å²) in [6.45, 7) is 6.32. The Morgan fingerprint density at radius 2 is 1.57 bits per heavy atom. The van der Waals surface area contributed by atoms with Crippen molar-refractivity contribution in [2.24, 2.45) is 5.73 Å². The van der Waals surface area contributed by atoms with Gasteiger partial charge in [0.2, 0.25) is 0 Å². The fourth-order valence-electron chi connectivity index (χ4n) is 2.33. The van der Waals surface area contributed by atoms with E-state index < -0.39 is 0 Å². The normalized spacial score (nSPS) is 14.0. The summed E-state index contributed by atoms with van der Waals surface area (Å²) >= 11 is 3.46. The van der Waals surface area contributed by atoms with Crippen molar-refractivity contribution in [2.75, 3.05) is 0 Å². The zero-order valence-corrected chi connectivity index (χ0v) is 14.3. The second-order valence-electron chi connectivity index (χ2n) is 5.64. The molecule has 112 valence electrons. The number of ether oxygens (including phenoxy) is 1. The van der Waals surface area contributed by atoms with E-state index in [1.165, 1.54) is 5.56 Å². The maximum absolute atomic E-state index is 6.25. The number of hydrogen-bond acceptors (Lipinski definition) is 2. The summed E-state index contributed by atoms with van der Waals surface area (Å²) in [5.74, 6) is 1.33. The summed E-state index contributed by atoms with van der Waals surface area (Å²) in [7, 11) is 0. The van der Waals surface area contributed by atoms with Crippen LogP contribution in [0, 0.1) is 0 Å². The van der Waals surface area contributed by atoms with Crippen LogP contribution in [-0.2, 0) is 0 Å². The molecule has 2 aromatic carbocycles. The van der Waals surface area contributed by atoms with Crippen molar-refractivity contribution in [1.29, 1.82) is 0 Å². The van der Waals surface area contributed by atoms with Crippen molar-refractivity contribution in [1.82, 2.24) is 0 Å². The van der Waals surface area contributed by atoms with Crippen LogP contribution in [0.3, 0.4) is 0 Å². The summed E-state index contributed by atoms with van der Waals surface area (Å²) < 4.78 is 7.31. The van der Waals surface area contributed by atoms with Gasteiger partial charge in [0.05, 0.1) is 0 Å². The van der Waals surface area contributed by atoms with Crippen LogP contribution in [0.4, 0.5) is 0 Å². The van der Waals surface area contributed by atoms with Crippen LogP contribution in [0.1, 0.15) is 43.9 Å². The van der Waals surface area contributed by atoms with Gasteiger partial charge in [0.1, 0.15) is 11.9 Å². The molecule has 2 rings (SSSR count). The standard InChI is InChI=1S/C18H22BrNO/c1-12(2)16-6-4-5-7-17(16)21-18(13(3)20)14-8-10-15(19)11-9-14/h4-13,18H,20H2,1-3H3. The Balaban J connectivity index is 2.31. The van der Waals surface area contributed by atoms with Gasteiger partial charge in [-0.3, -0.25) is 0 Å². The molecule has 0 saturated carbocycles. The minimum atomic E-state index is -0.155. The lowest BCUT2D eigenvalue weighted by Crippen LogP contribution is -2.29. The predicted molar refractivity (Wildman–Crippen MR) is 91.7 cm³/mol. The molecule has 0 aliphatic heterocycles. The van der Waals surface area contributed by atoms with Crippen LogP contribution in [0.2, 0.25) is 0 Å². The quantitative estimate of drug-likeness (QED) is 0.822. The van der Waals surface area contributed by atoms with E-state index in [0.29, 0.717) is 5.92 Å². The highest BCUT2D eigenvalue weighted by Gasteiger charge is 2.20. The van der Waals surface area contributed by atoms with E-state index in [9.17, 15) is 0 Å². The summed E-state index contributed by atoms with van der Waals surface area (Å²) in [6.07, 6.45) is -0.155. The third-order valence-corrected chi connectivity index (χ3v) is 4.00. The Morgan fingerprint density at radius 3 is 2.14 bits per heavy atom. The Labute approximate surface area is 135 Å². The molecular formula is C18H22BrNO. The smallest absolute Gasteiger partial charge is 0.138 e. The molecule has 0 saturated heterocycles. The van der Waals surface area contributed by atoms with Gasteiger partial charge in [0, 0.05) is 10.5 Å². The van der Waals surface area contributed by atoms with Crippen molar-refractivity contribution < 1.29 is 4.74 Å². The molecule has 0 spiro atoms. The zero-order chi connectivity index (χ0) is 15.4. The largest absolute Gasteiger partial charge is 0.484 e. The summed E-state index contributed by atoms with van der Waals surface area (Å²) in [4.78, 5) is 0. The van der Waals surface area contributed by atoms with Crippen LogP contribution < -0.4 is 10.5 Å². The van der Waals surface area contributed by atoms with Crippen LogP contribution in [0.25, 0.3) is 0 Å². The molecule has 2 unspecified atom stereocenters. The number of benzene rings is 2. The number of nitrogens with two attached hydrogens (primary N) is 1. The van der Waals surface area contributed by atoms with E-state index in [2.05, 4.69) is 48.0 Å². The SMILES string of the molecule is CC(C)c1ccccc1OC(c1ccc(Br)cc1)C(C)N. The van der Waals surface area contributed by atoms with Crippen LogP contribution in [-0.4, -0.2) is 6.04 Å². The van der Waals surface area contributed by atoms with Crippen LogP contribution in [0.5, 0.6) is 5.75 Å². The van der Waals surface area contributed by atoms with Gasteiger partial charge < -0.3 is 10.5 Å². The van der Waals surface area contributed by atoms with E-state index in [1.54, 1.807) is 0 Å². The van der Waals surface area contributed by atoms with Gasteiger partial charge in [-0.1, -0.05) is 60.1 Å². The molecular weight excluding hydrogens is 326 g/mol. The van der Waals surface area contributed by atoms with E-state index in [0.717, 1.165) is 15.8 Å². The van der Waals surface area contributed by atoms with Gasteiger partial charge in [-0.25, -0.2) is 0 Å². The molecule has 0 aliphatic rings. The predicted octanol–water partition coefficient (Wildman–Crippen LogP) is 5.04. The number of rotatable bonds is 5. The minimum Gasteiger partial charge on any atom is -0.484 e. The highest BCUT2D eigenvalue weighted by molar-refractivity contribution is 9.10. The van der Waals surface area contributed by atoms with Crippen molar-refractivity contribution in [2.45, 2.75) is 38.8 Å². The first-order valence-electron chi connectivity index (χ1n) is 7.25. The third-order valence-electron chi connectivity index (χ3n) is 3.47. The molecule has 0 bridgehead atoms. The Morgan fingerprint density at radius 1 is 0.952 bits per heavy atom. The van der Waals surface area contributed by atoms with E-state index in [-0.39, 0.29) is 12.1 Å². The average Bonchev–Trinajstić information content (AvgIpc) is 2.46. The Bertz CT molecular complexity index is 578. The van der Waals surface area contributed by atoms with E-state index in [4.69, 9.17) is 10.5 Å². The molecule has 0 heterocycles. The minimum absolute atomic E-state index is 0.0913. The molecule has 21 heavy (non-hydrogen) atoms. The number of hydrogen-bond donors (Lipinski definition) is 1. The average molecular weight is 348 g/mol. The monoisotopic (exact) mass is 347 g/mol. The summed E-state index contributed by atoms with van der Waals surface area (Å²) in [5, 5.41) is 0. The van der Waals surface area contributed by atoms with Gasteiger partial charge in [0.15, 0.2) is 0 Å². The molecule has 2 atom stereocenters. The van der Waals surface area contributed by atoms with Gasteiger partial charge in [-0.15, -0.1) is 0 Å². The maximum atomic E-state index is 6.25. The maximum Gasteiger partial charge on any atom is 0.138 e. The van der Waals surface area contributed by atoms with E-state index in [1.807, 2.05) is 37.3 Å². The second kappa shape index (κ2) is 7.10. The lowest BCUT2D eigenvalue weighted by Gasteiger charge is -2.25. The summed E-state index contributed by atoms with van der Waals surface area (Å²) in [6, 6.07) is 16.2. The molecule has 2 N–H and O–H groups in total. The molecule has 2 aromatic rings. The van der Waals surface area contributed by atoms with Crippen molar-refractivity contribution in [3.63, 3.8) is 0 Å². The molecule has 0 amide bonds. The molecule has 2 nitrogen and oxygen atoms in total. The Hall–Kier alpha value is -1.32. The van der Waals surface area contributed by atoms with Gasteiger partial charge in [-0.05, 0) is 42.2 Å². The van der Waals surface area contributed by atoms with Crippen molar-refractivity contribution in [3.8, 4) is 5.75 Å². The third kappa shape index (κ3) is 4.08. The Kier molecular flexibility index (Phi) is 5.43. The highest BCUT2D eigenvalue weighted by Crippen LogP contribution is 2.31. The first-order valence-corrected chi connectivity index (χ1v) is 8.05. The molecule has 0 aliphatic carbocycles. The number of para-hydroxylation sites is 1. The lowest BCUT2D eigenvalue weighted by molar-refractivity contribution is 0.178. The topological polar surface area (TPSA) is 35.2 Å². The fourth-order valence-corrected chi connectivity index (χ4v) is 2.60. The van der Waals surface area contributed by atoms with Gasteiger partial charge >= 0.3 is 0 Å². The lowest BCUT2D eigenvalue weighted by atomic mass is 10.0. The summed E-state index contributed by atoms with van der Waals surface area (Å²) in [5.41, 5.74) is 8.44. The van der Waals surface area contributed by atoms with Crippen LogP contribution in [0.15, 0.2) is 53.0 Å². The molecule has 0 aromatic heterocycles. The van der Waals surface area contributed by atoms with Gasteiger partial charge in [-0.2, -0.15) is 0 Å². The van der Waals surface area contributed by atoms with Crippen molar-refractivity contribution >= 4 is 15.9 Å².